The van der Waals surface area contributed by atoms with Crippen molar-refractivity contribution in [2.75, 3.05) is 38.4 Å². The van der Waals surface area contributed by atoms with Crippen LogP contribution in [-0.2, 0) is 14.8 Å². The molecular weight excluding hydrogens is 484 g/mol. The first-order valence-electron chi connectivity index (χ1n) is 9.82. The van der Waals surface area contributed by atoms with Gasteiger partial charge in [-0.1, -0.05) is 11.6 Å². The molecule has 0 unspecified atom stereocenters. The number of hydrogen-bond acceptors (Lipinski definition) is 8. The Morgan fingerprint density at radius 1 is 1.09 bits per heavy atom. The number of nitrogens with zero attached hydrogens (tertiary/aromatic N) is 3. The molecule has 0 fully saturated rings. The summed E-state index contributed by atoms with van der Waals surface area (Å²) in [6.07, 6.45) is 2.33. The van der Waals surface area contributed by atoms with E-state index in [9.17, 15) is 13.2 Å². The van der Waals surface area contributed by atoms with E-state index >= 15 is 0 Å². The Morgan fingerprint density at radius 3 is 2.47 bits per heavy atom. The van der Waals surface area contributed by atoms with Gasteiger partial charge in [-0.05, 0) is 30.3 Å². The Labute approximate surface area is 202 Å². The lowest BCUT2D eigenvalue weighted by atomic mass is 10.1. The molecule has 10 nitrogen and oxygen atoms in total. The predicted octanol–water partition coefficient (Wildman–Crippen LogP) is 2.83. The molecule has 0 spiro atoms. The molecule has 34 heavy (non-hydrogen) atoms. The normalized spacial score (nSPS) is 11.4. The van der Waals surface area contributed by atoms with Crippen LogP contribution in [0.4, 0.5) is 5.69 Å². The van der Waals surface area contributed by atoms with E-state index in [1.165, 1.54) is 32.6 Å². The number of benzene rings is 2. The summed E-state index contributed by atoms with van der Waals surface area (Å²) in [5.74, 6) is 0.733. The number of nitrogens with one attached hydrogen (secondary N) is 1. The number of amides is 1. The van der Waals surface area contributed by atoms with Gasteiger partial charge in [-0.25, -0.2) is 18.8 Å². The van der Waals surface area contributed by atoms with E-state index in [0.717, 1.165) is 15.9 Å². The van der Waals surface area contributed by atoms with Gasteiger partial charge < -0.3 is 14.2 Å². The molecule has 1 aromatic heterocycles. The number of fused-ring (bicyclic) bond motifs is 1. The molecule has 3 rings (SSSR count). The van der Waals surface area contributed by atoms with Crippen molar-refractivity contribution in [3.63, 3.8) is 0 Å². The molecule has 0 aliphatic heterocycles. The monoisotopic (exact) mass is 506 g/mol. The van der Waals surface area contributed by atoms with Crippen molar-refractivity contribution < 1.29 is 27.4 Å². The maximum Gasteiger partial charge on any atom is 0.260 e. The molecule has 0 radical (unpaired) electrons. The zero-order valence-corrected chi connectivity index (χ0v) is 20.5. The standard InChI is InChI=1S/C22H23ClN4O6S/c1-31-17-7-5-14-9-15(22(23)25-18(14)11-17)12-24-26-21(28)13-27(34(4,29)30)16-6-8-19(32-2)20(10-16)33-3/h5-12H,13H2,1-4H3,(H,26,28)/b24-12-. The Bertz CT molecular complexity index is 1350. The summed E-state index contributed by atoms with van der Waals surface area (Å²) >= 11 is 6.23. The van der Waals surface area contributed by atoms with E-state index in [1.54, 1.807) is 31.4 Å². The minimum Gasteiger partial charge on any atom is -0.497 e. The van der Waals surface area contributed by atoms with E-state index in [4.69, 9.17) is 25.8 Å². The first-order valence-corrected chi connectivity index (χ1v) is 12.0. The third-order valence-corrected chi connectivity index (χ3v) is 6.18. The summed E-state index contributed by atoms with van der Waals surface area (Å²) in [7, 11) is 0.661. The number of carbonyl (C=O) groups excluding carboxylic acids is 1. The fourth-order valence-corrected chi connectivity index (χ4v) is 4.12. The summed E-state index contributed by atoms with van der Waals surface area (Å²) in [6.45, 7) is -0.505. The van der Waals surface area contributed by atoms with Crippen LogP contribution in [0.1, 0.15) is 5.56 Å². The first-order chi connectivity index (χ1) is 16.2. The number of pyridine rings is 1. The number of anilines is 1. The average molecular weight is 507 g/mol. The molecule has 1 amide bonds. The lowest BCUT2D eigenvalue weighted by molar-refractivity contribution is -0.119. The third-order valence-electron chi connectivity index (χ3n) is 4.74. The van der Waals surface area contributed by atoms with Gasteiger partial charge in [0, 0.05) is 23.1 Å². The van der Waals surface area contributed by atoms with Gasteiger partial charge in [0.2, 0.25) is 10.0 Å². The van der Waals surface area contributed by atoms with Gasteiger partial charge in [0.25, 0.3) is 5.91 Å². The molecular formula is C22H23ClN4O6S. The number of hydrazone groups is 1. The molecule has 12 heteroatoms. The van der Waals surface area contributed by atoms with Crippen molar-refractivity contribution in [2.24, 2.45) is 5.10 Å². The molecule has 0 aliphatic rings. The summed E-state index contributed by atoms with van der Waals surface area (Å²) in [5, 5.41) is 4.88. The van der Waals surface area contributed by atoms with E-state index in [0.29, 0.717) is 28.3 Å². The van der Waals surface area contributed by atoms with Gasteiger partial charge in [0.05, 0.1) is 45.0 Å². The van der Waals surface area contributed by atoms with Gasteiger partial charge in [-0.2, -0.15) is 5.10 Å². The molecule has 0 saturated heterocycles. The second-order valence-corrected chi connectivity index (χ2v) is 9.29. The Kier molecular flexibility index (Phi) is 7.79. The molecule has 0 bridgehead atoms. The number of aromatic nitrogens is 1. The Morgan fingerprint density at radius 2 is 1.82 bits per heavy atom. The van der Waals surface area contributed by atoms with Crippen LogP contribution >= 0.6 is 11.6 Å². The molecule has 0 atom stereocenters. The van der Waals surface area contributed by atoms with Gasteiger partial charge in [0.15, 0.2) is 11.5 Å². The van der Waals surface area contributed by atoms with E-state index in [-0.39, 0.29) is 10.8 Å². The van der Waals surface area contributed by atoms with Crippen molar-refractivity contribution >= 4 is 50.3 Å². The fraction of sp³-hybridized carbons (Fsp3) is 0.227. The topological polar surface area (TPSA) is 119 Å². The molecule has 2 aromatic carbocycles. The Balaban J connectivity index is 1.76. The average Bonchev–Trinajstić information content (AvgIpc) is 2.81. The quantitative estimate of drug-likeness (QED) is 0.269. The van der Waals surface area contributed by atoms with Crippen LogP contribution in [0, 0.1) is 0 Å². The zero-order chi connectivity index (χ0) is 24.9. The van der Waals surface area contributed by atoms with Gasteiger partial charge in [0.1, 0.15) is 17.4 Å². The molecule has 180 valence electrons. The number of methoxy groups -OCH3 is 3. The highest BCUT2D eigenvalue weighted by Gasteiger charge is 2.22. The second kappa shape index (κ2) is 10.6. The predicted molar refractivity (Wildman–Crippen MR) is 131 cm³/mol. The van der Waals surface area contributed by atoms with Crippen LogP contribution < -0.4 is 23.9 Å². The molecule has 0 aliphatic carbocycles. The first kappa shape index (κ1) is 25.1. The fourth-order valence-electron chi connectivity index (χ4n) is 3.08. The lowest BCUT2D eigenvalue weighted by Crippen LogP contribution is -2.39. The van der Waals surface area contributed by atoms with Crippen LogP contribution in [0.2, 0.25) is 5.15 Å². The van der Waals surface area contributed by atoms with Crippen LogP contribution in [0.3, 0.4) is 0 Å². The van der Waals surface area contributed by atoms with Crippen molar-refractivity contribution in [3.05, 3.63) is 53.2 Å². The Hall–Kier alpha value is -3.57. The van der Waals surface area contributed by atoms with Crippen molar-refractivity contribution in [1.29, 1.82) is 0 Å². The van der Waals surface area contributed by atoms with Crippen LogP contribution in [-0.4, -0.2) is 59.7 Å². The maximum atomic E-state index is 12.5. The zero-order valence-electron chi connectivity index (χ0n) is 18.9. The number of halogens is 1. The van der Waals surface area contributed by atoms with Crippen molar-refractivity contribution in [2.45, 2.75) is 0 Å². The number of sulfonamides is 1. The highest BCUT2D eigenvalue weighted by molar-refractivity contribution is 7.92. The minimum atomic E-state index is -3.79. The van der Waals surface area contributed by atoms with Gasteiger partial charge in [-0.3, -0.25) is 9.10 Å². The number of ether oxygens (including phenoxy) is 3. The van der Waals surface area contributed by atoms with Crippen molar-refractivity contribution in [3.8, 4) is 17.2 Å². The summed E-state index contributed by atoms with van der Waals surface area (Å²) < 4.78 is 41.2. The smallest absolute Gasteiger partial charge is 0.260 e. The van der Waals surface area contributed by atoms with Crippen molar-refractivity contribution in [1.82, 2.24) is 10.4 Å². The third kappa shape index (κ3) is 5.86. The van der Waals surface area contributed by atoms with Crippen LogP contribution in [0.5, 0.6) is 17.2 Å². The maximum absolute atomic E-state index is 12.5. The number of rotatable bonds is 9. The molecule has 0 saturated carbocycles. The highest BCUT2D eigenvalue weighted by Crippen LogP contribution is 2.32. The molecule has 3 aromatic rings. The SMILES string of the molecule is COc1ccc2cc(/C=N\NC(=O)CN(c3ccc(OC)c(OC)c3)S(C)(=O)=O)c(Cl)nc2c1. The summed E-state index contributed by atoms with van der Waals surface area (Å²) in [5.41, 5.74) is 3.66. The minimum absolute atomic E-state index is 0.182. The lowest BCUT2D eigenvalue weighted by Gasteiger charge is -2.22. The molecule has 1 N–H and O–H groups in total. The van der Waals surface area contributed by atoms with E-state index in [1.807, 2.05) is 6.07 Å². The van der Waals surface area contributed by atoms with Gasteiger partial charge in [-0.15, -0.1) is 0 Å². The largest absolute Gasteiger partial charge is 0.497 e. The summed E-state index contributed by atoms with van der Waals surface area (Å²) in [6, 6.07) is 11.6. The van der Waals surface area contributed by atoms with E-state index < -0.39 is 22.5 Å². The van der Waals surface area contributed by atoms with E-state index in [2.05, 4.69) is 15.5 Å². The van der Waals surface area contributed by atoms with Crippen LogP contribution in [0.25, 0.3) is 10.9 Å². The van der Waals surface area contributed by atoms with Crippen LogP contribution in [0.15, 0.2) is 47.6 Å². The highest BCUT2D eigenvalue weighted by atomic mass is 35.5. The number of carbonyl (C=O) groups is 1. The number of hydrogen-bond donors (Lipinski definition) is 1. The second-order valence-electron chi connectivity index (χ2n) is 7.03. The summed E-state index contributed by atoms with van der Waals surface area (Å²) in [4.78, 5) is 16.8. The molecule has 1 heterocycles. The van der Waals surface area contributed by atoms with Gasteiger partial charge >= 0.3 is 0 Å².